The van der Waals surface area contributed by atoms with Gasteiger partial charge in [0.05, 0.1) is 19.1 Å². The summed E-state index contributed by atoms with van der Waals surface area (Å²) in [6.07, 6.45) is -0.0356. The van der Waals surface area contributed by atoms with Crippen LogP contribution in [0.5, 0.6) is 0 Å². The molecule has 0 aromatic heterocycles. The van der Waals surface area contributed by atoms with Crippen molar-refractivity contribution in [3.8, 4) is 0 Å². The van der Waals surface area contributed by atoms with Crippen molar-refractivity contribution >= 4 is 24.3 Å². The average molecular weight is 381 g/mol. The van der Waals surface area contributed by atoms with Gasteiger partial charge in [0.15, 0.2) is 0 Å². The third kappa shape index (κ3) is 6.13. The van der Waals surface area contributed by atoms with E-state index in [9.17, 15) is 14.0 Å². The van der Waals surface area contributed by atoms with E-state index in [2.05, 4.69) is 5.32 Å². The number of hydrogen-bond donors (Lipinski definition) is 2. The highest BCUT2D eigenvalue weighted by molar-refractivity contribution is 5.94. The number of amides is 1. The summed E-state index contributed by atoms with van der Waals surface area (Å²) >= 11 is 0. The molecule has 0 saturated carbocycles. The van der Waals surface area contributed by atoms with Gasteiger partial charge in [-0.1, -0.05) is 24.3 Å². The highest BCUT2D eigenvalue weighted by Gasteiger charge is 2.20. The number of halogens is 2. The van der Waals surface area contributed by atoms with Crippen LogP contribution >= 0.6 is 12.4 Å². The molecule has 0 aliphatic heterocycles. The summed E-state index contributed by atoms with van der Waals surface area (Å²) in [5.74, 6) is -1.15. The second-order valence-electron chi connectivity index (χ2n) is 5.49. The molecule has 26 heavy (non-hydrogen) atoms. The molecule has 0 aliphatic carbocycles. The highest BCUT2D eigenvalue weighted by atomic mass is 35.5. The van der Waals surface area contributed by atoms with Gasteiger partial charge in [-0.05, 0) is 42.3 Å². The minimum atomic E-state index is -0.610. The molecular formula is C19H22ClFN2O3. The SMILES string of the molecule is CCOC(=O)CC(NC(=O)c1ccc(CN)cc1)c1ccc(F)cc1.Cl. The summed E-state index contributed by atoms with van der Waals surface area (Å²) in [5.41, 5.74) is 7.54. The van der Waals surface area contributed by atoms with Crippen LogP contribution in [0.2, 0.25) is 0 Å². The third-order valence-corrected chi connectivity index (χ3v) is 3.71. The molecule has 7 heteroatoms. The van der Waals surface area contributed by atoms with Crippen molar-refractivity contribution in [2.24, 2.45) is 5.73 Å². The Bertz CT molecular complexity index is 721. The summed E-state index contributed by atoms with van der Waals surface area (Å²) < 4.78 is 18.1. The topological polar surface area (TPSA) is 81.4 Å². The van der Waals surface area contributed by atoms with E-state index in [0.29, 0.717) is 17.7 Å². The quantitative estimate of drug-likeness (QED) is 0.723. The van der Waals surface area contributed by atoms with Crippen molar-refractivity contribution in [1.82, 2.24) is 5.32 Å². The number of carbonyl (C=O) groups excluding carboxylic acids is 2. The summed E-state index contributed by atoms with van der Waals surface area (Å²) in [5, 5.41) is 2.80. The molecule has 0 radical (unpaired) electrons. The number of nitrogens with one attached hydrogen (secondary N) is 1. The Morgan fingerprint density at radius 1 is 1.12 bits per heavy atom. The summed E-state index contributed by atoms with van der Waals surface area (Å²) in [6.45, 7) is 2.36. The predicted octanol–water partition coefficient (Wildman–Crippen LogP) is 3.13. The first-order chi connectivity index (χ1) is 12.0. The molecule has 5 nitrogen and oxygen atoms in total. The number of carbonyl (C=O) groups is 2. The van der Waals surface area contributed by atoms with Crippen molar-refractivity contribution in [1.29, 1.82) is 0 Å². The van der Waals surface area contributed by atoms with Crippen molar-refractivity contribution < 1.29 is 18.7 Å². The Morgan fingerprint density at radius 2 is 1.73 bits per heavy atom. The van der Waals surface area contributed by atoms with Gasteiger partial charge in [0.25, 0.3) is 5.91 Å². The van der Waals surface area contributed by atoms with E-state index in [1.54, 1.807) is 31.2 Å². The van der Waals surface area contributed by atoms with Gasteiger partial charge < -0.3 is 15.8 Å². The van der Waals surface area contributed by atoms with E-state index in [1.807, 2.05) is 0 Å². The summed E-state index contributed by atoms with van der Waals surface area (Å²) in [6, 6.07) is 11.9. The zero-order valence-corrected chi connectivity index (χ0v) is 15.2. The molecule has 0 saturated heterocycles. The summed E-state index contributed by atoms with van der Waals surface area (Å²) in [4.78, 5) is 24.3. The van der Waals surface area contributed by atoms with Crippen LogP contribution in [0.4, 0.5) is 4.39 Å². The lowest BCUT2D eigenvalue weighted by Crippen LogP contribution is -2.30. The Morgan fingerprint density at radius 3 is 2.27 bits per heavy atom. The van der Waals surface area contributed by atoms with Gasteiger partial charge in [0.2, 0.25) is 0 Å². The van der Waals surface area contributed by atoms with Gasteiger partial charge in [-0.3, -0.25) is 9.59 Å². The first-order valence-corrected chi connectivity index (χ1v) is 8.04. The maximum absolute atomic E-state index is 13.1. The Labute approximate surface area is 158 Å². The number of benzene rings is 2. The molecule has 2 rings (SSSR count). The lowest BCUT2D eigenvalue weighted by molar-refractivity contribution is -0.143. The van der Waals surface area contributed by atoms with Gasteiger partial charge >= 0.3 is 5.97 Å². The monoisotopic (exact) mass is 380 g/mol. The molecule has 2 aromatic rings. The van der Waals surface area contributed by atoms with Gasteiger partial charge in [-0.2, -0.15) is 0 Å². The predicted molar refractivity (Wildman–Crippen MR) is 99.4 cm³/mol. The van der Waals surface area contributed by atoms with Crippen molar-refractivity contribution in [2.75, 3.05) is 6.61 Å². The number of ether oxygens (including phenoxy) is 1. The zero-order valence-electron chi connectivity index (χ0n) is 14.4. The second-order valence-corrected chi connectivity index (χ2v) is 5.49. The Balaban J connectivity index is 0.00000338. The molecule has 1 amide bonds. The number of esters is 1. The minimum Gasteiger partial charge on any atom is -0.466 e. The highest BCUT2D eigenvalue weighted by Crippen LogP contribution is 2.19. The van der Waals surface area contributed by atoms with E-state index >= 15 is 0 Å². The van der Waals surface area contributed by atoms with Crippen LogP contribution < -0.4 is 11.1 Å². The molecule has 2 aromatic carbocycles. The second kappa shape index (κ2) is 10.5. The smallest absolute Gasteiger partial charge is 0.308 e. The number of rotatable bonds is 7. The fourth-order valence-corrected chi connectivity index (χ4v) is 2.37. The first-order valence-electron chi connectivity index (χ1n) is 8.04. The van der Waals surface area contributed by atoms with Crippen LogP contribution in [-0.2, 0) is 16.1 Å². The maximum atomic E-state index is 13.1. The van der Waals surface area contributed by atoms with Crippen LogP contribution in [-0.4, -0.2) is 18.5 Å². The average Bonchev–Trinajstić information content (AvgIpc) is 2.62. The lowest BCUT2D eigenvalue weighted by Gasteiger charge is -2.19. The molecule has 0 spiro atoms. The van der Waals surface area contributed by atoms with E-state index in [0.717, 1.165) is 5.56 Å². The molecule has 0 heterocycles. The lowest BCUT2D eigenvalue weighted by atomic mass is 10.0. The number of nitrogens with two attached hydrogens (primary N) is 1. The Hall–Kier alpha value is -2.44. The zero-order chi connectivity index (χ0) is 18.2. The molecule has 0 fully saturated rings. The normalized spacial score (nSPS) is 11.2. The van der Waals surface area contributed by atoms with Crippen molar-refractivity contribution in [2.45, 2.75) is 25.9 Å². The van der Waals surface area contributed by atoms with Gasteiger partial charge in [0, 0.05) is 12.1 Å². The molecule has 140 valence electrons. The van der Waals surface area contributed by atoms with Crippen LogP contribution in [0, 0.1) is 5.82 Å². The summed E-state index contributed by atoms with van der Waals surface area (Å²) in [7, 11) is 0. The standard InChI is InChI=1S/C19H21FN2O3.ClH/c1-2-25-18(23)11-17(14-7-9-16(20)10-8-14)22-19(24)15-5-3-13(12-21)4-6-15;/h3-10,17H,2,11-12,21H2,1H3,(H,22,24);1H. The fourth-order valence-electron chi connectivity index (χ4n) is 2.37. The first kappa shape index (κ1) is 21.6. The molecule has 0 aliphatic rings. The fraction of sp³-hybridized carbons (Fsp3) is 0.263. The Kier molecular flexibility index (Phi) is 8.75. The third-order valence-electron chi connectivity index (χ3n) is 3.71. The minimum absolute atomic E-state index is 0. The van der Waals surface area contributed by atoms with E-state index in [4.69, 9.17) is 10.5 Å². The van der Waals surface area contributed by atoms with Gasteiger partial charge in [-0.15, -0.1) is 12.4 Å². The van der Waals surface area contributed by atoms with E-state index in [1.165, 1.54) is 24.3 Å². The van der Waals surface area contributed by atoms with E-state index in [-0.39, 0.29) is 37.2 Å². The largest absolute Gasteiger partial charge is 0.466 e. The molecule has 0 bridgehead atoms. The number of hydrogen-bond acceptors (Lipinski definition) is 4. The maximum Gasteiger partial charge on any atom is 0.308 e. The van der Waals surface area contributed by atoms with Crippen LogP contribution in [0.25, 0.3) is 0 Å². The molecular weight excluding hydrogens is 359 g/mol. The van der Waals surface area contributed by atoms with Crippen LogP contribution in [0.3, 0.4) is 0 Å². The molecule has 3 N–H and O–H groups in total. The van der Waals surface area contributed by atoms with Crippen LogP contribution in [0.15, 0.2) is 48.5 Å². The molecule has 1 unspecified atom stereocenters. The van der Waals surface area contributed by atoms with Crippen molar-refractivity contribution in [3.63, 3.8) is 0 Å². The van der Waals surface area contributed by atoms with Crippen LogP contribution in [0.1, 0.15) is 40.9 Å². The molecule has 1 atom stereocenters. The van der Waals surface area contributed by atoms with Gasteiger partial charge in [0.1, 0.15) is 5.82 Å². The van der Waals surface area contributed by atoms with Gasteiger partial charge in [-0.25, -0.2) is 4.39 Å². The van der Waals surface area contributed by atoms with E-state index < -0.39 is 12.0 Å². The van der Waals surface area contributed by atoms with Crippen molar-refractivity contribution in [3.05, 3.63) is 71.0 Å².